The minimum Gasteiger partial charge on any atom is -0.305 e. The molecule has 0 radical (unpaired) electrons. The van der Waals surface area contributed by atoms with Gasteiger partial charge in [0.25, 0.3) is 5.91 Å². The second-order valence-electron chi connectivity index (χ2n) is 6.60. The molecule has 1 aliphatic rings. The predicted octanol–water partition coefficient (Wildman–Crippen LogP) is 2.02. The third-order valence-corrected chi connectivity index (χ3v) is 5.76. The van der Waals surface area contributed by atoms with Crippen molar-refractivity contribution in [3.63, 3.8) is 0 Å². The summed E-state index contributed by atoms with van der Waals surface area (Å²) in [6, 6.07) is 13.3. The SMILES string of the molecule is O=C(Nc1ccn(Cc2ccccn2)n1)c1cccc(S(=O)(=O)NC2CC2)c1. The summed E-state index contributed by atoms with van der Waals surface area (Å²) in [6.07, 6.45) is 5.15. The minimum atomic E-state index is -3.61. The van der Waals surface area contributed by atoms with Crippen LogP contribution < -0.4 is 10.0 Å². The third-order valence-electron chi connectivity index (χ3n) is 4.24. The van der Waals surface area contributed by atoms with E-state index < -0.39 is 15.9 Å². The smallest absolute Gasteiger partial charge is 0.256 e. The Hall–Kier alpha value is -3.04. The number of amides is 1. The molecule has 9 heteroatoms. The summed E-state index contributed by atoms with van der Waals surface area (Å²) >= 11 is 0. The molecule has 3 aromatic rings. The molecule has 0 aliphatic heterocycles. The van der Waals surface area contributed by atoms with Crippen LogP contribution in [0.2, 0.25) is 0 Å². The molecule has 0 atom stereocenters. The van der Waals surface area contributed by atoms with Crippen LogP contribution in [-0.2, 0) is 16.6 Å². The van der Waals surface area contributed by atoms with Crippen LogP contribution in [-0.4, -0.2) is 35.1 Å². The molecule has 1 amide bonds. The van der Waals surface area contributed by atoms with Gasteiger partial charge in [0, 0.05) is 30.1 Å². The Morgan fingerprint density at radius 1 is 1.14 bits per heavy atom. The number of carbonyl (C=O) groups excluding carboxylic acids is 1. The molecule has 0 unspecified atom stereocenters. The van der Waals surface area contributed by atoms with Gasteiger partial charge in [-0.3, -0.25) is 14.5 Å². The van der Waals surface area contributed by atoms with Crippen LogP contribution in [0.5, 0.6) is 0 Å². The summed E-state index contributed by atoms with van der Waals surface area (Å²) in [5.74, 6) is -0.0446. The fraction of sp³-hybridized carbons (Fsp3) is 0.211. The average molecular weight is 397 g/mol. The number of pyridine rings is 1. The van der Waals surface area contributed by atoms with Crippen molar-refractivity contribution in [3.8, 4) is 0 Å². The van der Waals surface area contributed by atoms with E-state index in [1.54, 1.807) is 35.3 Å². The van der Waals surface area contributed by atoms with Crippen LogP contribution in [0.15, 0.2) is 65.8 Å². The largest absolute Gasteiger partial charge is 0.305 e. The second-order valence-corrected chi connectivity index (χ2v) is 8.31. The first-order valence-electron chi connectivity index (χ1n) is 8.87. The van der Waals surface area contributed by atoms with E-state index in [-0.39, 0.29) is 16.5 Å². The zero-order valence-electron chi connectivity index (χ0n) is 14.9. The Labute approximate surface area is 162 Å². The first-order chi connectivity index (χ1) is 13.5. The Balaban J connectivity index is 1.44. The number of hydrogen-bond acceptors (Lipinski definition) is 5. The highest BCUT2D eigenvalue weighted by molar-refractivity contribution is 7.89. The first kappa shape index (κ1) is 18.3. The molecule has 144 valence electrons. The maximum atomic E-state index is 12.5. The quantitative estimate of drug-likeness (QED) is 0.634. The van der Waals surface area contributed by atoms with Crippen LogP contribution in [0.1, 0.15) is 28.9 Å². The second kappa shape index (κ2) is 7.53. The van der Waals surface area contributed by atoms with Crippen molar-refractivity contribution in [3.05, 3.63) is 72.2 Å². The Morgan fingerprint density at radius 2 is 2.00 bits per heavy atom. The van der Waals surface area contributed by atoms with Gasteiger partial charge in [0.15, 0.2) is 5.82 Å². The Morgan fingerprint density at radius 3 is 2.75 bits per heavy atom. The summed E-state index contributed by atoms with van der Waals surface area (Å²) in [5, 5.41) is 6.99. The highest BCUT2D eigenvalue weighted by atomic mass is 32.2. The van der Waals surface area contributed by atoms with E-state index in [1.807, 2.05) is 18.2 Å². The average Bonchev–Trinajstić information content (AvgIpc) is 3.39. The third kappa shape index (κ3) is 4.44. The van der Waals surface area contributed by atoms with Gasteiger partial charge in [-0.25, -0.2) is 13.1 Å². The van der Waals surface area contributed by atoms with Gasteiger partial charge in [0.1, 0.15) is 0 Å². The van der Waals surface area contributed by atoms with E-state index in [0.717, 1.165) is 18.5 Å². The van der Waals surface area contributed by atoms with E-state index >= 15 is 0 Å². The van der Waals surface area contributed by atoms with Gasteiger partial charge in [-0.05, 0) is 43.2 Å². The maximum Gasteiger partial charge on any atom is 0.256 e. The van der Waals surface area contributed by atoms with Gasteiger partial charge < -0.3 is 5.32 Å². The molecule has 1 aliphatic carbocycles. The molecule has 0 spiro atoms. The van der Waals surface area contributed by atoms with E-state index in [4.69, 9.17) is 0 Å². The summed E-state index contributed by atoms with van der Waals surface area (Å²) in [4.78, 5) is 16.8. The fourth-order valence-electron chi connectivity index (χ4n) is 2.66. The van der Waals surface area contributed by atoms with E-state index in [0.29, 0.717) is 12.4 Å². The molecule has 2 aromatic heterocycles. The number of anilines is 1. The number of carbonyl (C=O) groups is 1. The van der Waals surface area contributed by atoms with Crippen molar-refractivity contribution in [2.75, 3.05) is 5.32 Å². The van der Waals surface area contributed by atoms with E-state index in [2.05, 4.69) is 20.1 Å². The van der Waals surface area contributed by atoms with Crippen LogP contribution in [0.3, 0.4) is 0 Å². The lowest BCUT2D eigenvalue weighted by atomic mass is 10.2. The molecule has 0 saturated heterocycles. The Kier molecular flexibility index (Phi) is 4.93. The van der Waals surface area contributed by atoms with Gasteiger partial charge in [-0.15, -0.1) is 0 Å². The number of hydrogen-bond donors (Lipinski definition) is 2. The lowest BCUT2D eigenvalue weighted by Crippen LogP contribution is -2.26. The van der Waals surface area contributed by atoms with Crippen LogP contribution in [0, 0.1) is 0 Å². The van der Waals surface area contributed by atoms with Crippen LogP contribution in [0.25, 0.3) is 0 Å². The summed E-state index contributed by atoms with van der Waals surface area (Å²) < 4.78 is 28.9. The number of rotatable bonds is 7. The normalized spacial score (nSPS) is 14.0. The number of nitrogens with one attached hydrogen (secondary N) is 2. The molecule has 0 bridgehead atoms. The van der Waals surface area contributed by atoms with Crippen molar-refractivity contribution in [2.45, 2.75) is 30.3 Å². The monoisotopic (exact) mass is 397 g/mol. The molecule has 2 N–H and O–H groups in total. The molecule has 8 nitrogen and oxygen atoms in total. The van der Waals surface area contributed by atoms with Crippen LogP contribution in [0.4, 0.5) is 5.82 Å². The summed E-state index contributed by atoms with van der Waals surface area (Å²) in [5.41, 5.74) is 1.10. The van der Waals surface area contributed by atoms with E-state index in [9.17, 15) is 13.2 Å². The number of aromatic nitrogens is 3. The zero-order valence-corrected chi connectivity index (χ0v) is 15.8. The minimum absolute atomic E-state index is 0.00514. The number of sulfonamides is 1. The number of nitrogens with zero attached hydrogens (tertiary/aromatic N) is 3. The van der Waals surface area contributed by atoms with Crippen molar-refractivity contribution in [2.24, 2.45) is 0 Å². The molecular formula is C19H19N5O3S. The first-order valence-corrected chi connectivity index (χ1v) is 10.3. The molecule has 1 fully saturated rings. The van der Waals surface area contributed by atoms with Crippen molar-refractivity contribution in [1.29, 1.82) is 0 Å². The lowest BCUT2D eigenvalue weighted by molar-refractivity contribution is 0.102. The number of benzene rings is 1. The highest BCUT2D eigenvalue weighted by Gasteiger charge is 2.28. The Bertz CT molecular complexity index is 1090. The summed E-state index contributed by atoms with van der Waals surface area (Å²) in [6.45, 7) is 0.483. The van der Waals surface area contributed by atoms with Crippen molar-refractivity contribution >= 4 is 21.7 Å². The lowest BCUT2D eigenvalue weighted by Gasteiger charge is -2.07. The maximum absolute atomic E-state index is 12.5. The molecule has 2 heterocycles. The molecule has 1 aromatic carbocycles. The van der Waals surface area contributed by atoms with Crippen molar-refractivity contribution < 1.29 is 13.2 Å². The van der Waals surface area contributed by atoms with Gasteiger partial charge in [0.2, 0.25) is 10.0 Å². The van der Waals surface area contributed by atoms with Crippen molar-refractivity contribution in [1.82, 2.24) is 19.5 Å². The highest BCUT2D eigenvalue weighted by Crippen LogP contribution is 2.22. The molecule has 28 heavy (non-hydrogen) atoms. The van der Waals surface area contributed by atoms with Gasteiger partial charge in [-0.1, -0.05) is 12.1 Å². The summed E-state index contributed by atoms with van der Waals surface area (Å²) in [7, 11) is -3.61. The van der Waals surface area contributed by atoms with Gasteiger partial charge >= 0.3 is 0 Å². The predicted molar refractivity (Wildman–Crippen MR) is 103 cm³/mol. The van der Waals surface area contributed by atoms with Gasteiger partial charge in [-0.2, -0.15) is 5.10 Å². The molecular weight excluding hydrogens is 378 g/mol. The standard InChI is InChI=1S/C19H19N5O3S/c25-19(14-4-3-6-17(12-14)28(26,27)23-15-7-8-15)21-18-9-11-24(22-18)13-16-5-1-2-10-20-16/h1-6,9-12,15,23H,7-8,13H2,(H,21,22,25). The topological polar surface area (TPSA) is 106 Å². The molecule has 1 saturated carbocycles. The fourth-order valence-corrected chi connectivity index (χ4v) is 4.01. The van der Waals surface area contributed by atoms with Crippen LogP contribution >= 0.6 is 0 Å². The zero-order chi connectivity index (χ0) is 19.6. The van der Waals surface area contributed by atoms with E-state index in [1.165, 1.54) is 12.1 Å². The van der Waals surface area contributed by atoms with Gasteiger partial charge in [0.05, 0.1) is 17.1 Å². The molecule has 4 rings (SSSR count).